The van der Waals surface area contributed by atoms with Gasteiger partial charge in [-0.05, 0) is 29.6 Å². The van der Waals surface area contributed by atoms with Crippen LogP contribution >= 0.6 is 22.9 Å². The highest BCUT2D eigenvalue weighted by molar-refractivity contribution is 7.10. The number of hydrogen-bond acceptors (Lipinski definition) is 4. The average molecular weight is 332 g/mol. The molecule has 1 amide bonds. The molecular formula is C16H10ClNO3S. The van der Waals surface area contributed by atoms with Gasteiger partial charge in [-0.15, -0.1) is 11.3 Å². The van der Waals surface area contributed by atoms with Crippen molar-refractivity contribution in [2.24, 2.45) is 0 Å². The van der Waals surface area contributed by atoms with Crippen LogP contribution in [0.15, 0.2) is 44.9 Å². The summed E-state index contributed by atoms with van der Waals surface area (Å²) in [6, 6.07) is 8.25. The lowest BCUT2D eigenvalue weighted by molar-refractivity contribution is 0.0773. The molecular weight excluding hydrogens is 322 g/mol. The van der Waals surface area contributed by atoms with E-state index in [0.717, 1.165) is 4.88 Å². The van der Waals surface area contributed by atoms with Crippen molar-refractivity contribution in [3.05, 3.63) is 67.2 Å². The summed E-state index contributed by atoms with van der Waals surface area (Å²) in [6.07, 6.45) is 0. The van der Waals surface area contributed by atoms with Gasteiger partial charge in [-0.25, -0.2) is 0 Å². The maximum atomic E-state index is 12.9. The first-order chi connectivity index (χ1) is 10.6. The van der Waals surface area contributed by atoms with Gasteiger partial charge in [0.05, 0.1) is 17.0 Å². The van der Waals surface area contributed by atoms with Crippen molar-refractivity contribution < 1.29 is 9.21 Å². The van der Waals surface area contributed by atoms with Gasteiger partial charge in [0.2, 0.25) is 5.76 Å². The van der Waals surface area contributed by atoms with E-state index in [4.69, 9.17) is 16.0 Å². The molecule has 6 heteroatoms. The second-order valence-electron chi connectivity index (χ2n) is 5.15. The maximum absolute atomic E-state index is 12.9. The van der Waals surface area contributed by atoms with Gasteiger partial charge in [-0.3, -0.25) is 9.59 Å². The molecule has 1 aliphatic rings. The van der Waals surface area contributed by atoms with Gasteiger partial charge in [0.25, 0.3) is 5.91 Å². The molecule has 3 heterocycles. The average Bonchev–Trinajstić information content (AvgIpc) is 3.10. The molecule has 1 atom stereocenters. The molecule has 4 rings (SSSR count). The minimum absolute atomic E-state index is 0.126. The van der Waals surface area contributed by atoms with Crippen LogP contribution < -0.4 is 5.43 Å². The van der Waals surface area contributed by atoms with E-state index in [1.165, 1.54) is 11.3 Å². The minimum Gasteiger partial charge on any atom is -0.450 e. The number of carbonyl (C=O) groups excluding carboxylic acids is 1. The number of fused-ring (bicyclic) bond motifs is 2. The van der Waals surface area contributed by atoms with E-state index in [1.807, 2.05) is 17.5 Å². The smallest absolute Gasteiger partial charge is 0.290 e. The van der Waals surface area contributed by atoms with E-state index in [-0.39, 0.29) is 17.1 Å². The molecule has 0 N–H and O–H groups in total. The number of nitrogens with zero attached hydrogens (tertiary/aromatic N) is 1. The first-order valence-corrected chi connectivity index (χ1v) is 7.90. The predicted octanol–water partition coefficient (Wildman–Crippen LogP) is 3.68. The Kier molecular flexibility index (Phi) is 2.89. The molecule has 3 aromatic rings. The SMILES string of the molecule is CN1C(=O)c2oc3ccc(Cl)cc3c(=O)c2C1c1cccs1. The van der Waals surface area contributed by atoms with Gasteiger partial charge in [0.1, 0.15) is 5.58 Å². The summed E-state index contributed by atoms with van der Waals surface area (Å²) in [5, 5.41) is 2.78. The fourth-order valence-corrected chi connectivity index (χ4v) is 3.89. The topological polar surface area (TPSA) is 50.5 Å². The molecule has 0 aliphatic carbocycles. The van der Waals surface area contributed by atoms with Crippen molar-refractivity contribution in [2.75, 3.05) is 7.05 Å². The molecule has 0 saturated carbocycles. The summed E-state index contributed by atoms with van der Waals surface area (Å²) >= 11 is 7.49. The third kappa shape index (κ3) is 1.76. The van der Waals surface area contributed by atoms with Crippen LogP contribution in [0, 0.1) is 0 Å². The van der Waals surface area contributed by atoms with Gasteiger partial charge in [-0.2, -0.15) is 0 Å². The molecule has 2 aromatic heterocycles. The van der Waals surface area contributed by atoms with Crippen LogP contribution in [-0.4, -0.2) is 17.9 Å². The van der Waals surface area contributed by atoms with Crippen LogP contribution in [0.1, 0.15) is 27.0 Å². The van der Waals surface area contributed by atoms with Crippen LogP contribution in [0.3, 0.4) is 0 Å². The van der Waals surface area contributed by atoms with E-state index in [0.29, 0.717) is 21.6 Å². The highest BCUT2D eigenvalue weighted by atomic mass is 35.5. The third-order valence-electron chi connectivity index (χ3n) is 3.88. The largest absolute Gasteiger partial charge is 0.450 e. The predicted molar refractivity (Wildman–Crippen MR) is 85.7 cm³/mol. The first kappa shape index (κ1) is 13.5. The number of carbonyl (C=O) groups is 1. The zero-order valence-electron chi connectivity index (χ0n) is 11.5. The number of hydrogen-bond donors (Lipinski definition) is 0. The van der Waals surface area contributed by atoms with Gasteiger partial charge in [-0.1, -0.05) is 17.7 Å². The standard InChI is InChI=1S/C16H10ClNO3S/c1-18-13(11-3-2-6-22-11)12-14(19)9-7-8(17)4-5-10(9)21-15(12)16(18)20/h2-7,13H,1H3. The van der Waals surface area contributed by atoms with Crippen molar-refractivity contribution >= 4 is 39.8 Å². The summed E-state index contributed by atoms with van der Waals surface area (Å²) in [5.41, 5.74) is 0.571. The molecule has 0 fully saturated rings. The van der Waals surface area contributed by atoms with E-state index in [2.05, 4.69) is 0 Å². The summed E-state index contributed by atoms with van der Waals surface area (Å²) in [6.45, 7) is 0. The number of benzene rings is 1. The van der Waals surface area contributed by atoms with Crippen LogP contribution in [0.4, 0.5) is 0 Å². The zero-order chi connectivity index (χ0) is 15.4. The van der Waals surface area contributed by atoms with Crippen molar-refractivity contribution in [3.63, 3.8) is 0 Å². The lowest BCUT2D eigenvalue weighted by atomic mass is 10.0. The van der Waals surface area contributed by atoms with E-state index in [9.17, 15) is 9.59 Å². The fraction of sp³-hybridized carbons (Fsp3) is 0.125. The third-order valence-corrected chi connectivity index (χ3v) is 5.04. The van der Waals surface area contributed by atoms with Gasteiger partial charge >= 0.3 is 0 Å². The Balaban J connectivity index is 2.08. The number of halogens is 1. The van der Waals surface area contributed by atoms with Gasteiger partial charge in [0.15, 0.2) is 5.43 Å². The molecule has 1 aliphatic heterocycles. The van der Waals surface area contributed by atoms with Crippen molar-refractivity contribution in [1.82, 2.24) is 4.90 Å². The van der Waals surface area contributed by atoms with Crippen LogP contribution in [0.2, 0.25) is 5.02 Å². The lowest BCUT2D eigenvalue weighted by Gasteiger charge is -2.18. The second kappa shape index (κ2) is 4.69. The molecule has 4 nitrogen and oxygen atoms in total. The molecule has 1 aromatic carbocycles. The molecule has 0 radical (unpaired) electrons. The maximum Gasteiger partial charge on any atom is 0.290 e. The Labute approximate surface area is 134 Å². The first-order valence-electron chi connectivity index (χ1n) is 6.65. The van der Waals surface area contributed by atoms with Crippen LogP contribution in [0.5, 0.6) is 0 Å². The fourth-order valence-electron chi connectivity index (χ4n) is 2.84. The Morgan fingerprint density at radius 1 is 1.27 bits per heavy atom. The summed E-state index contributed by atoms with van der Waals surface area (Å²) in [4.78, 5) is 27.8. The summed E-state index contributed by atoms with van der Waals surface area (Å²) in [7, 11) is 1.68. The number of rotatable bonds is 1. The second-order valence-corrected chi connectivity index (χ2v) is 6.56. The molecule has 1 unspecified atom stereocenters. The molecule has 110 valence electrons. The lowest BCUT2D eigenvalue weighted by Crippen LogP contribution is -2.24. The number of thiophene rings is 1. The van der Waals surface area contributed by atoms with Crippen molar-refractivity contribution in [1.29, 1.82) is 0 Å². The quantitative estimate of drug-likeness (QED) is 0.683. The zero-order valence-corrected chi connectivity index (χ0v) is 13.1. The van der Waals surface area contributed by atoms with E-state index < -0.39 is 6.04 Å². The van der Waals surface area contributed by atoms with Gasteiger partial charge < -0.3 is 9.32 Å². The Hall–Kier alpha value is -2.11. The minimum atomic E-state index is -0.401. The monoisotopic (exact) mass is 331 g/mol. The van der Waals surface area contributed by atoms with Crippen molar-refractivity contribution in [2.45, 2.75) is 6.04 Å². The molecule has 0 spiro atoms. The van der Waals surface area contributed by atoms with E-state index in [1.54, 1.807) is 30.1 Å². The Morgan fingerprint density at radius 3 is 2.82 bits per heavy atom. The molecule has 0 bridgehead atoms. The highest BCUT2D eigenvalue weighted by Crippen LogP contribution is 2.38. The Morgan fingerprint density at radius 2 is 2.09 bits per heavy atom. The number of amides is 1. The molecule has 22 heavy (non-hydrogen) atoms. The highest BCUT2D eigenvalue weighted by Gasteiger charge is 2.41. The molecule has 0 saturated heterocycles. The summed E-state index contributed by atoms with van der Waals surface area (Å²) < 4.78 is 5.71. The van der Waals surface area contributed by atoms with Crippen LogP contribution in [-0.2, 0) is 0 Å². The van der Waals surface area contributed by atoms with Crippen molar-refractivity contribution in [3.8, 4) is 0 Å². The Bertz CT molecular complexity index is 961. The summed E-state index contributed by atoms with van der Waals surface area (Å²) in [5.74, 6) is -0.150. The van der Waals surface area contributed by atoms with Gasteiger partial charge in [0, 0.05) is 16.9 Å². The normalized spacial score (nSPS) is 17.3. The van der Waals surface area contributed by atoms with Crippen LogP contribution in [0.25, 0.3) is 11.0 Å². The van der Waals surface area contributed by atoms with E-state index >= 15 is 0 Å².